The fourth-order valence-electron chi connectivity index (χ4n) is 3.94. The van der Waals surface area contributed by atoms with Crippen LogP contribution in [0.5, 0.6) is 11.5 Å². The van der Waals surface area contributed by atoms with E-state index >= 15 is 0 Å². The molecule has 0 bridgehead atoms. The van der Waals surface area contributed by atoms with E-state index in [0.717, 1.165) is 11.1 Å². The quantitative estimate of drug-likeness (QED) is 0.489. The standard InChI is InChI=1S/C27H28FN3O4/c1-3-24-26(32)31(14-13-18-7-9-20(28)10-8-18)17-19-15-22(11-12-25(19)35-24)30-27(33)29-21-5-4-6-23(16-21)34-2/h4-12,15-16,24H,3,13-14,17H2,1-2H3,(H2,29,30,33)/t24-/m1/s1. The lowest BCUT2D eigenvalue weighted by Crippen LogP contribution is -2.40. The summed E-state index contributed by atoms with van der Waals surface area (Å²) in [5.74, 6) is 0.883. The number of fused-ring (bicyclic) bond motifs is 1. The van der Waals surface area contributed by atoms with Crippen LogP contribution in [0.1, 0.15) is 24.5 Å². The average molecular weight is 478 g/mol. The zero-order chi connectivity index (χ0) is 24.8. The summed E-state index contributed by atoms with van der Waals surface area (Å²) in [6, 6.07) is 18.3. The molecule has 2 N–H and O–H groups in total. The number of halogens is 1. The lowest BCUT2D eigenvalue weighted by atomic mass is 10.1. The Balaban J connectivity index is 1.47. The number of nitrogens with one attached hydrogen (secondary N) is 2. The first kappa shape index (κ1) is 24.1. The van der Waals surface area contributed by atoms with Crippen molar-refractivity contribution in [2.45, 2.75) is 32.4 Å². The van der Waals surface area contributed by atoms with Crippen molar-refractivity contribution in [3.8, 4) is 11.5 Å². The van der Waals surface area contributed by atoms with Crippen LogP contribution in [-0.4, -0.2) is 36.6 Å². The Kier molecular flexibility index (Phi) is 7.50. The molecular formula is C27H28FN3O4. The Labute approximate surface area is 203 Å². The minimum absolute atomic E-state index is 0.0870. The van der Waals surface area contributed by atoms with Gasteiger partial charge in [0.25, 0.3) is 5.91 Å². The van der Waals surface area contributed by atoms with Gasteiger partial charge in [0.2, 0.25) is 0 Å². The maximum atomic E-state index is 13.2. The third-order valence-corrected chi connectivity index (χ3v) is 5.82. The van der Waals surface area contributed by atoms with Crippen LogP contribution in [0.4, 0.5) is 20.6 Å². The highest BCUT2D eigenvalue weighted by Crippen LogP contribution is 2.30. The molecule has 1 heterocycles. The van der Waals surface area contributed by atoms with E-state index in [-0.39, 0.29) is 11.7 Å². The number of benzene rings is 3. The van der Waals surface area contributed by atoms with Gasteiger partial charge in [0, 0.05) is 36.1 Å². The molecule has 3 amide bonds. The third kappa shape index (κ3) is 6.09. The highest BCUT2D eigenvalue weighted by Gasteiger charge is 2.29. The molecule has 1 aliphatic rings. The molecule has 1 atom stereocenters. The molecule has 0 saturated carbocycles. The van der Waals surface area contributed by atoms with Crippen molar-refractivity contribution < 1.29 is 23.5 Å². The molecular weight excluding hydrogens is 449 g/mol. The molecule has 0 unspecified atom stereocenters. The molecule has 7 nitrogen and oxygen atoms in total. The molecule has 0 fully saturated rings. The number of nitrogens with zero attached hydrogens (tertiary/aromatic N) is 1. The van der Waals surface area contributed by atoms with Gasteiger partial charge in [-0.05, 0) is 60.9 Å². The van der Waals surface area contributed by atoms with E-state index in [9.17, 15) is 14.0 Å². The lowest BCUT2D eigenvalue weighted by Gasteiger charge is -2.23. The van der Waals surface area contributed by atoms with Crippen molar-refractivity contribution >= 4 is 23.3 Å². The Morgan fingerprint density at radius 1 is 1.09 bits per heavy atom. The van der Waals surface area contributed by atoms with Crippen molar-refractivity contribution in [2.75, 3.05) is 24.3 Å². The molecule has 35 heavy (non-hydrogen) atoms. The predicted octanol–water partition coefficient (Wildman–Crippen LogP) is 5.22. The van der Waals surface area contributed by atoms with Crippen LogP contribution >= 0.6 is 0 Å². The summed E-state index contributed by atoms with van der Waals surface area (Å²) in [6.45, 7) is 2.72. The van der Waals surface area contributed by atoms with Gasteiger partial charge in [0.05, 0.1) is 7.11 Å². The summed E-state index contributed by atoms with van der Waals surface area (Å²) >= 11 is 0. The van der Waals surface area contributed by atoms with E-state index in [1.807, 2.05) is 13.0 Å². The number of hydrogen-bond acceptors (Lipinski definition) is 4. The molecule has 4 rings (SSSR count). The number of rotatable bonds is 7. The maximum Gasteiger partial charge on any atom is 0.323 e. The van der Waals surface area contributed by atoms with Crippen LogP contribution in [0.2, 0.25) is 0 Å². The minimum atomic E-state index is -0.584. The van der Waals surface area contributed by atoms with Gasteiger partial charge in [-0.3, -0.25) is 4.79 Å². The van der Waals surface area contributed by atoms with Gasteiger partial charge in [-0.1, -0.05) is 25.1 Å². The number of anilines is 2. The zero-order valence-corrected chi connectivity index (χ0v) is 19.7. The van der Waals surface area contributed by atoms with Gasteiger partial charge in [-0.25, -0.2) is 9.18 Å². The molecule has 0 aromatic heterocycles. The molecule has 182 valence electrons. The van der Waals surface area contributed by atoms with Gasteiger partial charge in [-0.2, -0.15) is 0 Å². The highest BCUT2D eigenvalue weighted by atomic mass is 19.1. The van der Waals surface area contributed by atoms with Gasteiger partial charge in [-0.15, -0.1) is 0 Å². The Morgan fingerprint density at radius 3 is 2.54 bits per heavy atom. The smallest absolute Gasteiger partial charge is 0.323 e. The van der Waals surface area contributed by atoms with Crippen molar-refractivity contribution in [1.82, 2.24) is 4.90 Å². The third-order valence-electron chi connectivity index (χ3n) is 5.82. The number of methoxy groups -OCH3 is 1. The van der Waals surface area contributed by atoms with Crippen molar-refractivity contribution in [1.29, 1.82) is 0 Å². The van der Waals surface area contributed by atoms with E-state index in [1.54, 1.807) is 60.5 Å². The van der Waals surface area contributed by atoms with E-state index in [0.29, 0.717) is 48.8 Å². The normalized spacial score (nSPS) is 15.0. The summed E-state index contributed by atoms with van der Waals surface area (Å²) in [5.41, 5.74) is 2.92. The van der Waals surface area contributed by atoms with Gasteiger partial charge in [0.15, 0.2) is 6.10 Å². The predicted molar refractivity (Wildman–Crippen MR) is 132 cm³/mol. The first-order valence-electron chi connectivity index (χ1n) is 11.5. The van der Waals surface area contributed by atoms with Crippen molar-refractivity contribution in [3.05, 3.63) is 83.7 Å². The zero-order valence-electron chi connectivity index (χ0n) is 19.7. The lowest BCUT2D eigenvalue weighted by molar-refractivity contribution is -0.138. The molecule has 1 aliphatic heterocycles. The summed E-state index contributed by atoms with van der Waals surface area (Å²) in [4.78, 5) is 27.4. The van der Waals surface area contributed by atoms with Crippen LogP contribution < -0.4 is 20.1 Å². The van der Waals surface area contributed by atoms with Crippen molar-refractivity contribution in [2.24, 2.45) is 0 Å². The largest absolute Gasteiger partial charge is 0.497 e. The summed E-state index contributed by atoms with van der Waals surface area (Å²) in [5, 5.41) is 5.61. The maximum absolute atomic E-state index is 13.2. The van der Waals surface area contributed by atoms with Crippen LogP contribution in [-0.2, 0) is 17.8 Å². The topological polar surface area (TPSA) is 79.9 Å². The van der Waals surface area contributed by atoms with E-state index in [1.165, 1.54) is 12.1 Å². The van der Waals surface area contributed by atoms with Crippen LogP contribution in [0.3, 0.4) is 0 Å². The number of urea groups is 1. The van der Waals surface area contributed by atoms with Crippen molar-refractivity contribution in [3.63, 3.8) is 0 Å². The molecule has 3 aromatic rings. The number of carbonyl (C=O) groups is 2. The van der Waals surface area contributed by atoms with E-state index in [4.69, 9.17) is 9.47 Å². The SMILES string of the molecule is CC[C@H]1Oc2ccc(NC(=O)Nc3cccc(OC)c3)cc2CN(CCc2ccc(F)cc2)C1=O. The molecule has 3 aromatic carbocycles. The monoisotopic (exact) mass is 477 g/mol. The van der Waals surface area contributed by atoms with Gasteiger partial charge < -0.3 is 25.0 Å². The van der Waals surface area contributed by atoms with Gasteiger partial charge >= 0.3 is 6.03 Å². The average Bonchev–Trinajstić information content (AvgIpc) is 2.99. The number of hydrogen-bond donors (Lipinski definition) is 2. The fraction of sp³-hybridized carbons (Fsp3) is 0.259. The summed E-state index contributed by atoms with van der Waals surface area (Å²) in [7, 11) is 1.56. The van der Waals surface area contributed by atoms with Crippen LogP contribution in [0.25, 0.3) is 0 Å². The number of amides is 3. The first-order chi connectivity index (χ1) is 16.9. The first-order valence-corrected chi connectivity index (χ1v) is 11.5. The molecule has 0 aliphatic carbocycles. The highest BCUT2D eigenvalue weighted by molar-refractivity contribution is 6.00. The molecule has 8 heteroatoms. The van der Waals surface area contributed by atoms with Crippen LogP contribution in [0.15, 0.2) is 66.7 Å². The Morgan fingerprint density at radius 2 is 1.83 bits per heavy atom. The van der Waals surface area contributed by atoms with E-state index < -0.39 is 12.1 Å². The Bertz CT molecular complexity index is 1200. The number of ether oxygens (including phenoxy) is 2. The van der Waals surface area contributed by atoms with E-state index in [2.05, 4.69) is 10.6 Å². The van der Waals surface area contributed by atoms with Crippen LogP contribution in [0, 0.1) is 5.82 Å². The minimum Gasteiger partial charge on any atom is -0.497 e. The summed E-state index contributed by atoms with van der Waals surface area (Å²) < 4.78 is 24.4. The molecule has 0 radical (unpaired) electrons. The fourth-order valence-corrected chi connectivity index (χ4v) is 3.94. The second-order valence-corrected chi connectivity index (χ2v) is 8.28. The summed E-state index contributed by atoms with van der Waals surface area (Å²) in [6.07, 6.45) is 0.548. The molecule has 0 saturated heterocycles. The molecule has 0 spiro atoms. The Hall–Kier alpha value is -4.07. The van der Waals surface area contributed by atoms with Gasteiger partial charge in [0.1, 0.15) is 17.3 Å². The number of carbonyl (C=O) groups excluding carboxylic acids is 2. The second kappa shape index (κ2) is 10.9. The second-order valence-electron chi connectivity index (χ2n) is 8.28.